The van der Waals surface area contributed by atoms with Gasteiger partial charge in [0, 0.05) is 12.4 Å². The third kappa shape index (κ3) is 1.96. The summed E-state index contributed by atoms with van der Waals surface area (Å²) in [5.41, 5.74) is 1.12. The highest BCUT2D eigenvalue weighted by Gasteiger charge is 2.36. The molecule has 0 N–H and O–H groups in total. The number of anilines is 1. The Morgan fingerprint density at radius 1 is 1.30 bits per heavy atom. The number of carbonyl (C=O) groups is 2. The molecule has 0 aliphatic carbocycles. The summed E-state index contributed by atoms with van der Waals surface area (Å²) in [5.74, 6) is -2.03. The van der Waals surface area contributed by atoms with Crippen LogP contribution < -0.4 is 4.90 Å². The van der Waals surface area contributed by atoms with E-state index < -0.39 is 17.5 Å². The number of Topliss-reactive ketones (excluding diaryl/α,β-unsaturated/α-hetero) is 1. The van der Waals surface area contributed by atoms with E-state index in [0.29, 0.717) is 0 Å². The molecule has 1 aliphatic heterocycles. The molecule has 20 heavy (non-hydrogen) atoms. The molecule has 4 nitrogen and oxygen atoms in total. The number of carbonyl (C=O) groups excluding carboxylic acids is 2. The first-order valence-electron chi connectivity index (χ1n) is 5.82. The summed E-state index contributed by atoms with van der Waals surface area (Å²) >= 11 is 5.65. The highest BCUT2D eigenvalue weighted by molar-refractivity contribution is 6.52. The average Bonchev–Trinajstić information content (AvgIpc) is 2.66. The monoisotopic (exact) mass is 290 g/mol. The summed E-state index contributed by atoms with van der Waals surface area (Å²) < 4.78 is 13.5. The summed E-state index contributed by atoms with van der Waals surface area (Å²) in [6.45, 7) is 0.159. The SMILES string of the molecule is O=C1C(=O)N(Cc2cccnc2)c2cc(F)c(Cl)cc21. The van der Waals surface area contributed by atoms with Gasteiger partial charge in [0.2, 0.25) is 0 Å². The second-order valence-electron chi connectivity index (χ2n) is 4.37. The molecule has 0 radical (unpaired) electrons. The zero-order valence-corrected chi connectivity index (χ0v) is 10.9. The molecule has 0 atom stereocenters. The lowest BCUT2D eigenvalue weighted by Gasteiger charge is -2.16. The van der Waals surface area contributed by atoms with E-state index in [1.54, 1.807) is 24.5 Å². The second-order valence-corrected chi connectivity index (χ2v) is 4.77. The van der Waals surface area contributed by atoms with Crippen molar-refractivity contribution >= 4 is 29.0 Å². The predicted molar refractivity (Wildman–Crippen MR) is 71.2 cm³/mol. The topological polar surface area (TPSA) is 50.3 Å². The van der Waals surface area contributed by atoms with Gasteiger partial charge >= 0.3 is 0 Å². The molecule has 0 bridgehead atoms. The molecule has 2 heterocycles. The van der Waals surface area contributed by atoms with Gasteiger partial charge < -0.3 is 4.90 Å². The molecule has 1 aliphatic rings. The maximum absolute atomic E-state index is 13.5. The molecule has 100 valence electrons. The van der Waals surface area contributed by atoms with E-state index in [1.807, 2.05) is 0 Å². The molecule has 0 fully saturated rings. The van der Waals surface area contributed by atoms with E-state index in [4.69, 9.17) is 11.6 Å². The average molecular weight is 291 g/mol. The number of halogens is 2. The van der Waals surface area contributed by atoms with Crippen LogP contribution in [-0.2, 0) is 11.3 Å². The Hall–Kier alpha value is -2.27. The molecule has 1 aromatic heterocycles. The lowest BCUT2D eigenvalue weighted by atomic mass is 10.1. The van der Waals surface area contributed by atoms with E-state index in [2.05, 4.69) is 4.98 Å². The lowest BCUT2D eigenvalue weighted by molar-refractivity contribution is -0.114. The molecule has 6 heteroatoms. The third-order valence-corrected chi connectivity index (χ3v) is 3.37. The quantitative estimate of drug-likeness (QED) is 0.799. The summed E-state index contributed by atoms with van der Waals surface area (Å²) in [4.78, 5) is 29.0. The Balaban J connectivity index is 2.04. The smallest absolute Gasteiger partial charge is 0.299 e. The van der Waals surface area contributed by atoms with Crippen LogP contribution in [0.1, 0.15) is 15.9 Å². The van der Waals surface area contributed by atoms with Crippen molar-refractivity contribution in [2.75, 3.05) is 4.90 Å². The molecule has 0 saturated heterocycles. The minimum atomic E-state index is -0.689. The first kappa shape index (κ1) is 12.7. The minimum Gasteiger partial charge on any atom is -0.300 e. The number of rotatable bonds is 2. The van der Waals surface area contributed by atoms with Gasteiger partial charge in [0.25, 0.3) is 11.7 Å². The summed E-state index contributed by atoms with van der Waals surface area (Å²) in [7, 11) is 0. The first-order chi connectivity index (χ1) is 9.58. The predicted octanol–water partition coefficient (Wildman–Crippen LogP) is 2.60. The zero-order valence-electron chi connectivity index (χ0n) is 10.1. The Morgan fingerprint density at radius 3 is 2.80 bits per heavy atom. The number of benzene rings is 1. The van der Waals surface area contributed by atoms with Crippen LogP contribution in [0.2, 0.25) is 5.02 Å². The number of pyridine rings is 1. The Labute approximate surface area is 118 Å². The summed E-state index contributed by atoms with van der Waals surface area (Å²) in [6, 6.07) is 5.79. The summed E-state index contributed by atoms with van der Waals surface area (Å²) in [6.07, 6.45) is 3.19. The largest absolute Gasteiger partial charge is 0.300 e. The van der Waals surface area contributed by atoms with Crippen molar-refractivity contribution in [3.8, 4) is 0 Å². The van der Waals surface area contributed by atoms with Crippen molar-refractivity contribution in [2.24, 2.45) is 0 Å². The number of nitrogens with zero attached hydrogens (tertiary/aromatic N) is 2. The lowest BCUT2D eigenvalue weighted by Crippen LogP contribution is -2.29. The van der Waals surface area contributed by atoms with Gasteiger partial charge in [-0.2, -0.15) is 0 Å². The standard InChI is InChI=1S/C14H8ClFN2O2/c15-10-4-9-12(5-11(10)16)18(14(20)13(9)19)7-8-2-1-3-17-6-8/h1-6H,7H2. The molecular weight excluding hydrogens is 283 g/mol. The van der Waals surface area contributed by atoms with Gasteiger partial charge in [-0.3, -0.25) is 14.6 Å². The van der Waals surface area contributed by atoms with E-state index >= 15 is 0 Å². The molecule has 0 saturated carbocycles. The highest BCUT2D eigenvalue weighted by Crippen LogP contribution is 2.33. The number of aromatic nitrogens is 1. The number of ketones is 1. The van der Waals surface area contributed by atoms with Gasteiger partial charge in [0.15, 0.2) is 0 Å². The van der Waals surface area contributed by atoms with E-state index in [9.17, 15) is 14.0 Å². The van der Waals surface area contributed by atoms with Crippen molar-refractivity contribution in [1.82, 2.24) is 4.98 Å². The van der Waals surface area contributed by atoms with E-state index in [1.165, 1.54) is 11.0 Å². The van der Waals surface area contributed by atoms with Crippen LogP contribution in [0.15, 0.2) is 36.7 Å². The zero-order chi connectivity index (χ0) is 14.3. The Bertz CT molecular complexity index is 719. The minimum absolute atomic E-state index is 0.130. The third-order valence-electron chi connectivity index (χ3n) is 3.08. The van der Waals surface area contributed by atoms with Crippen molar-refractivity contribution < 1.29 is 14.0 Å². The van der Waals surface area contributed by atoms with E-state index in [0.717, 1.165) is 11.6 Å². The van der Waals surface area contributed by atoms with Crippen molar-refractivity contribution in [3.05, 3.63) is 58.6 Å². The van der Waals surface area contributed by atoms with Crippen molar-refractivity contribution in [3.63, 3.8) is 0 Å². The van der Waals surface area contributed by atoms with Crippen LogP contribution in [0.4, 0.5) is 10.1 Å². The second kappa shape index (κ2) is 4.68. The molecule has 3 rings (SSSR count). The van der Waals surface area contributed by atoms with Gasteiger partial charge in [-0.25, -0.2) is 4.39 Å². The molecule has 1 aromatic carbocycles. The normalized spacial score (nSPS) is 13.8. The summed E-state index contributed by atoms with van der Waals surface area (Å²) in [5, 5.41) is -0.173. The molecule has 2 aromatic rings. The molecular formula is C14H8ClFN2O2. The van der Waals surface area contributed by atoms with E-state index in [-0.39, 0.29) is 22.8 Å². The first-order valence-corrected chi connectivity index (χ1v) is 6.20. The number of hydrogen-bond acceptors (Lipinski definition) is 3. The molecule has 0 spiro atoms. The number of hydrogen-bond donors (Lipinski definition) is 0. The van der Waals surface area contributed by atoms with Gasteiger partial charge in [0.1, 0.15) is 5.82 Å². The highest BCUT2D eigenvalue weighted by atomic mass is 35.5. The van der Waals surface area contributed by atoms with Crippen LogP contribution in [-0.4, -0.2) is 16.7 Å². The van der Waals surface area contributed by atoms with Crippen molar-refractivity contribution in [1.29, 1.82) is 0 Å². The fraction of sp³-hybridized carbons (Fsp3) is 0.0714. The molecule has 1 amide bonds. The van der Waals surface area contributed by atoms with Crippen LogP contribution in [0, 0.1) is 5.82 Å². The maximum Gasteiger partial charge on any atom is 0.299 e. The Morgan fingerprint density at radius 2 is 2.10 bits per heavy atom. The van der Waals surface area contributed by atoms with Crippen LogP contribution >= 0.6 is 11.6 Å². The van der Waals surface area contributed by atoms with Crippen LogP contribution in [0.5, 0.6) is 0 Å². The maximum atomic E-state index is 13.5. The van der Waals surface area contributed by atoms with Gasteiger partial charge in [-0.15, -0.1) is 0 Å². The number of fused-ring (bicyclic) bond motifs is 1. The van der Waals surface area contributed by atoms with Gasteiger partial charge in [-0.05, 0) is 23.8 Å². The fourth-order valence-electron chi connectivity index (χ4n) is 2.12. The number of amides is 1. The van der Waals surface area contributed by atoms with Crippen molar-refractivity contribution in [2.45, 2.75) is 6.54 Å². The van der Waals surface area contributed by atoms with Gasteiger partial charge in [0.05, 0.1) is 22.8 Å². The Kier molecular flexibility index (Phi) is 2.99. The van der Waals surface area contributed by atoms with Crippen LogP contribution in [0.25, 0.3) is 0 Å². The van der Waals surface area contributed by atoms with Crippen LogP contribution in [0.3, 0.4) is 0 Å². The molecule has 0 unspecified atom stereocenters. The fourth-order valence-corrected chi connectivity index (χ4v) is 2.28. The van der Waals surface area contributed by atoms with Gasteiger partial charge in [-0.1, -0.05) is 17.7 Å².